The summed E-state index contributed by atoms with van der Waals surface area (Å²) in [6, 6.07) is 0. The van der Waals surface area contributed by atoms with Gasteiger partial charge in [0.05, 0.1) is 0 Å². The van der Waals surface area contributed by atoms with Crippen LogP contribution in [0, 0.1) is 5.41 Å². The minimum Gasteiger partial charge on any atom is -0.325 e. The van der Waals surface area contributed by atoms with Gasteiger partial charge in [-0.15, -0.1) is 6.58 Å². The second kappa shape index (κ2) is 4.89. The van der Waals surface area contributed by atoms with Crippen molar-refractivity contribution < 1.29 is 0 Å². The quantitative estimate of drug-likeness (QED) is 0.730. The standard InChI is InChI=1S/C14H30N2/c1-9-10-16(12(2,3)4)11-13(5,6)14(7,8)15/h9H,1,10-11,15H2,2-8H3. The van der Waals surface area contributed by atoms with Gasteiger partial charge in [0.15, 0.2) is 0 Å². The molecule has 0 spiro atoms. The molecule has 0 fully saturated rings. The summed E-state index contributed by atoms with van der Waals surface area (Å²) in [5, 5.41) is 0. The Morgan fingerprint density at radius 3 is 1.75 bits per heavy atom. The van der Waals surface area contributed by atoms with Gasteiger partial charge in [-0.05, 0) is 40.0 Å². The van der Waals surface area contributed by atoms with Crippen molar-refractivity contribution in [2.75, 3.05) is 13.1 Å². The van der Waals surface area contributed by atoms with E-state index in [1.165, 1.54) is 0 Å². The Morgan fingerprint density at radius 1 is 1.06 bits per heavy atom. The molecule has 0 aliphatic heterocycles. The van der Waals surface area contributed by atoms with Crippen LogP contribution in [0.5, 0.6) is 0 Å². The van der Waals surface area contributed by atoms with Crippen LogP contribution in [0.3, 0.4) is 0 Å². The number of nitrogens with two attached hydrogens (primary N) is 1. The van der Waals surface area contributed by atoms with Gasteiger partial charge in [-0.2, -0.15) is 0 Å². The third-order valence-electron chi connectivity index (χ3n) is 3.63. The Balaban J connectivity index is 4.83. The lowest BCUT2D eigenvalue weighted by Gasteiger charge is -2.46. The van der Waals surface area contributed by atoms with Crippen molar-refractivity contribution in [3.05, 3.63) is 12.7 Å². The monoisotopic (exact) mass is 226 g/mol. The minimum atomic E-state index is -0.183. The van der Waals surface area contributed by atoms with Crippen LogP contribution < -0.4 is 5.73 Å². The predicted molar refractivity (Wildman–Crippen MR) is 73.6 cm³/mol. The zero-order valence-electron chi connectivity index (χ0n) is 12.2. The van der Waals surface area contributed by atoms with Gasteiger partial charge in [0.2, 0.25) is 0 Å². The summed E-state index contributed by atoms with van der Waals surface area (Å²) in [6.45, 7) is 21.1. The largest absolute Gasteiger partial charge is 0.325 e. The molecule has 0 aromatic heterocycles. The molecule has 0 aromatic carbocycles. The van der Waals surface area contributed by atoms with E-state index in [0.717, 1.165) is 13.1 Å². The molecule has 96 valence electrons. The van der Waals surface area contributed by atoms with E-state index < -0.39 is 0 Å². The van der Waals surface area contributed by atoms with E-state index in [2.05, 4.69) is 59.9 Å². The molecule has 0 unspecified atom stereocenters. The average molecular weight is 226 g/mol. The zero-order valence-corrected chi connectivity index (χ0v) is 12.2. The van der Waals surface area contributed by atoms with E-state index >= 15 is 0 Å². The molecule has 2 nitrogen and oxygen atoms in total. The first-order chi connectivity index (χ1) is 6.92. The third-order valence-corrected chi connectivity index (χ3v) is 3.63. The molecule has 0 amide bonds. The first-order valence-corrected chi connectivity index (χ1v) is 6.06. The number of rotatable bonds is 5. The maximum absolute atomic E-state index is 6.25. The lowest BCUT2D eigenvalue weighted by Crippen LogP contribution is -2.56. The highest BCUT2D eigenvalue weighted by molar-refractivity contribution is 4.95. The van der Waals surface area contributed by atoms with Gasteiger partial charge >= 0.3 is 0 Å². The fraction of sp³-hybridized carbons (Fsp3) is 0.857. The number of hydrogen-bond acceptors (Lipinski definition) is 2. The molecular formula is C14H30N2. The van der Waals surface area contributed by atoms with Crippen LogP contribution >= 0.6 is 0 Å². The molecule has 0 atom stereocenters. The van der Waals surface area contributed by atoms with E-state index in [1.54, 1.807) is 0 Å². The Labute approximate surface area is 102 Å². The maximum Gasteiger partial charge on any atom is 0.0166 e. The van der Waals surface area contributed by atoms with E-state index in [1.807, 2.05) is 6.08 Å². The first-order valence-electron chi connectivity index (χ1n) is 6.06. The fourth-order valence-corrected chi connectivity index (χ4v) is 1.41. The molecule has 0 rings (SSSR count). The molecule has 2 heteroatoms. The van der Waals surface area contributed by atoms with Crippen molar-refractivity contribution in [2.45, 2.75) is 59.5 Å². The Hall–Kier alpha value is -0.340. The molecule has 0 aromatic rings. The second-order valence-corrected chi connectivity index (χ2v) is 6.95. The molecule has 16 heavy (non-hydrogen) atoms. The molecule has 0 saturated heterocycles. The third kappa shape index (κ3) is 4.26. The van der Waals surface area contributed by atoms with Gasteiger partial charge in [-0.3, -0.25) is 4.90 Å². The Kier molecular flexibility index (Phi) is 4.78. The van der Waals surface area contributed by atoms with Gasteiger partial charge in [0.25, 0.3) is 0 Å². The number of nitrogens with zero attached hydrogens (tertiary/aromatic N) is 1. The van der Waals surface area contributed by atoms with Crippen LogP contribution in [-0.4, -0.2) is 29.1 Å². The van der Waals surface area contributed by atoms with Crippen molar-refractivity contribution in [1.82, 2.24) is 4.90 Å². The van der Waals surface area contributed by atoms with Crippen LogP contribution in [0.4, 0.5) is 0 Å². The lowest BCUT2D eigenvalue weighted by molar-refractivity contribution is 0.0618. The molecule has 0 heterocycles. The molecule has 0 aliphatic rings. The summed E-state index contributed by atoms with van der Waals surface area (Å²) >= 11 is 0. The van der Waals surface area contributed by atoms with Crippen LogP contribution in [0.15, 0.2) is 12.7 Å². The van der Waals surface area contributed by atoms with Crippen LogP contribution in [0.2, 0.25) is 0 Å². The average Bonchev–Trinajstić information content (AvgIpc) is 1.99. The highest BCUT2D eigenvalue weighted by atomic mass is 15.2. The summed E-state index contributed by atoms with van der Waals surface area (Å²) in [7, 11) is 0. The van der Waals surface area contributed by atoms with E-state index in [9.17, 15) is 0 Å². The van der Waals surface area contributed by atoms with E-state index in [4.69, 9.17) is 5.73 Å². The smallest absolute Gasteiger partial charge is 0.0166 e. The highest BCUT2D eigenvalue weighted by Gasteiger charge is 2.37. The van der Waals surface area contributed by atoms with Crippen molar-refractivity contribution >= 4 is 0 Å². The molecule has 0 radical (unpaired) electrons. The summed E-state index contributed by atoms with van der Waals surface area (Å²) in [6.07, 6.45) is 1.96. The molecule has 0 bridgehead atoms. The summed E-state index contributed by atoms with van der Waals surface area (Å²) < 4.78 is 0. The predicted octanol–water partition coefficient (Wildman–Crippen LogP) is 3.04. The topological polar surface area (TPSA) is 29.3 Å². The van der Waals surface area contributed by atoms with Crippen LogP contribution in [-0.2, 0) is 0 Å². The second-order valence-electron chi connectivity index (χ2n) is 6.95. The summed E-state index contributed by atoms with van der Waals surface area (Å²) in [4.78, 5) is 2.43. The van der Waals surface area contributed by atoms with E-state index in [0.29, 0.717) is 0 Å². The first kappa shape index (κ1) is 15.7. The Morgan fingerprint density at radius 2 is 1.50 bits per heavy atom. The zero-order chi connectivity index (χ0) is 13.2. The van der Waals surface area contributed by atoms with Gasteiger partial charge in [0, 0.05) is 24.2 Å². The van der Waals surface area contributed by atoms with Gasteiger partial charge in [0.1, 0.15) is 0 Å². The minimum absolute atomic E-state index is 0.0727. The van der Waals surface area contributed by atoms with Crippen molar-refractivity contribution in [3.63, 3.8) is 0 Å². The summed E-state index contributed by atoms with van der Waals surface area (Å²) in [5.41, 5.74) is 6.29. The Bertz CT molecular complexity index is 228. The van der Waals surface area contributed by atoms with Crippen LogP contribution in [0.1, 0.15) is 48.5 Å². The lowest BCUT2D eigenvalue weighted by atomic mass is 9.74. The van der Waals surface area contributed by atoms with E-state index in [-0.39, 0.29) is 16.5 Å². The maximum atomic E-state index is 6.25. The number of hydrogen-bond donors (Lipinski definition) is 1. The van der Waals surface area contributed by atoms with Crippen molar-refractivity contribution in [2.24, 2.45) is 11.1 Å². The molecule has 0 aliphatic carbocycles. The molecular weight excluding hydrogens is 196 g/mol. The van der Waals surface area contributed by atoms with Crippen molar-refractivity contribution in [3.8, 4) is 0 Å². The van der Waals surface area contributed by atoms with Crippen molar-refractivity contribution in [1.29, 1.82) is 0 Å². The van der Waals surface area contributed by atoms with Gasteiger partial charge in [-0.25, -0.2) is 0 Å². The SMILES string of the molecule is C=CCN(CC(C)(C)C(C)(C)N)C(C)(C)C. The fourth-order valence-electron chi connectivity index (χ4n) is 1.41. The molecule has 2 N–H and O–H groups in total. The highest BCUT2D eigenvalue weighted by Crippen LogP contribution is 2.31. The summed E-state index contributed by atoms with van der Waals surface area (Å²) in [5.74, 6) is 0. The van der Waals surface area contributed by atoms with Gasteiger partial charge in [-0.1, -0.05) is 19.9 Å². The van der Waals surface area contributed by atoms with Gasteiger partial charge < -0.3 is 5.73 Å². The van der Waals surface area contributed by atoms with Crippen LogP contribution in [0.25, 0.3) is 0 Å². The normalized spacial score (nSPS) is 14.3. The molecule has 0 saturated carbocycles.